The Balaban J connectivity index is 1.93. The maximum Gasteiger partial charge on any atom is 0.254 e. The summed E-state index contributed by atoms with van der Waals surface area (Å²) < 4.78 is 5.30. The molecule has 4 heteroatoms. The van der Waals surface area contributed by atoms with Crippen molar-refractivity contribution in [2.45, 2.75) is 65.2 Å². The number of fused-ring (bicyclic) bond motifs is 1. The number of carbonyl (C=O) groups is 1. The fraction of sp³-hybridized carbons (Fsp3) is 0.448. The topological polar surface area (TPSA) is 42.4 Å². The first-order valence-electron chi connectivity index (χ1n) is 12.5. The van der Waals surface area contributed by atoms with E-state index < -0.39 is 0 Å². The molecule has 0 spiro atoms. The number of rotatable bonds is 13. The van der Waals surface area contributed by atoms with Crippen LogP contribution in [0.3, 0.4) is 0 Å². The van der Waals surface area contributed by atoms with Crippen LogP contribution in [-0.4, -0.2) is 36.0 Å². The number of amides is 1. The number of ether oxygens (including phenoxy) is 1. The van der Waals surface area contributed by atoms with E-state index in [-0.39, 0.29) is 5.91 Å². The Morgan fingerprint density at radius 3 is 2.09 bits per heavy atom. The highest BCUT2D eigenvalue weighted by atomic mass is 16.5. The van der Waals surface area contributed by atoms with Crippen molar-refractivity contribution in [1.82, 2.24) is 9.88 Å². The van der Waals surface area contributed by atoms with E-state index in [0.29, 0.717) is 0 Å². The van der Waals surface area contributed by atoms with E-state index in [1.807, 2.05) is 54.6 Å². The maximum atomic E-state index is 13.8. The number of hydrogen-bond acceptors (Lipinski definition) is 3. The molecule has 3 rings (SSSR count). The SMILES string of the molecule is CCCCCCN(CCCCCC)C(=O)c1cc(-c2ccc(OC)cc2)nc2ccccc12. The molecule has 0 atom stereocenters. The van der Waals surface area contributed by atoms with Gasteiger partial charge in [0.05, 0.1) is 23.9 Å². The summed E-state index contributed by atoms with van der Waals surface area (Å²) in [5.41, 5.74) is 3.40. The molecule has 176 valence electrons. The number of pyridine rings is 1. The van der Waals surface area contributed by atoms with Gasteiger partial charge in [0.15, 0.2) is 0 Å². The van der Waals surface area contributed by atoms with Gasteiger partial charge in [-0.05, 0) is 49.2 Å². The van der Waals surface area contributed by atoms with Gasteiger partial charge >= 0.3 is 0 Å². The first kappa shape index (κ1) is 24.8. The minimum atomic E-state index is 0.122. The van der Waals surface area contributed by atoms with Crippen molar-refractivity contribution in [3.8, 4) is 17.0 Å². The molecule has 0 N–H and O–H groups in total. The van der Waals surface area contributed by atoms with Gasteiger partial charge in [-0.3, -0.25) is 4.79 Å². The summed E-state index contributed by atoms with van der Waals surface area (Å²) >= 11 is 0. The van der Waals surface area contributed by atoms with Gasteiger partial charge in [0.2, 0.25) is 0 Å². The number of nitrogens with zero attached hydrogens (tertiary/aromatic N) is 2. The second-order valence-corrected chi connectivity index (χ2v) is 8.71. The number of aromatic nitrogens is 1. The molecule has 0 saturated carbocycles. The third-order valence-electron chi connectivity index (χ3n) is 6.18. The van der Waals surface area contributed by atoms with Crippen LogP contribution in [0.2, 0.25) is 0 Å². The van der Waals surface area contributed by atoms with E-state index in [1.54, 1.807) is 7.11 Å². The highest BCUT2D eigenvalue weighted by molar-refractivity contribution is 6.07. The normalized spacial score (nSPS) is 11.0. The van der Waals surface area contributed by atoms with Crippen LogP contribution in [0.5, 0.6) is 5.75 Å². The van der Waals surface area contributed by atoms with Crippen molar-refractivity contribution in [2.75, 3.05) is 20.2 Å². The lowest BCUT2D eigenvalue weighted by molar-refractivity contribution is 0.0751. The van der Waals surface area contributed by atoms with Gasteiger partial charge in [-0.25, -0.2) is 4.98 Å². The smallest absolute Gasteiger partial charge is 0.254 e. The summed E-state index contributed by atoms with van der Waals surface area (Å²) in [6.07, 6.45) is 9.29. The Kier molecular flexibility index (Phi) is 9.74. The number of para-hydroxylation sites is 1. The second kappa shape index (κ2) is 13.0. The van der Waals surface area contributed by atoms with Gasteiger partial charge in [-0.2, -0.15) is 0 Å². The molecule has 33 heavy (non-hydrogen) atoms. The molecule has 0 aliphatic rings. The van der Waals surface area contributed by atoms with Crippen molar-refractivity contribution >= 4 is 16.8 Å². The zero-order valence-corrected chi connectivity index (χ0v) is 20.5. The standard InChI is InChI=1S/C29H38N2O2/c1-4-6-8-12-20-31(21-13-9-7-5-2)29(32)26-22-28(23-16-18-24(33-3)19-17-23)30-27-15-11-10-14-25(26)27/h10-11,14-19,22H,4-9,12-13,20-21H2,1-3H3. The molecule has 0 fully saturated rings. The third-order valence-corrected chi connectivity index (χ3v) is 6.18. The van der Waals surface area contributed by atoms with Gasteiger partial charge in [0, 0.05) is 24.0 Å². The summed E-state index contributed by atoms with van der Waals surface area (Å²) in [6.45, 7) is 6.08. The van der Waals surface area contributed by atoms with Gasteiger partial charge in [-0.15, -0.1) is 0 Å². The Hall–Kier alpha value is -2.88. The van der Waals surface area contributed by atoms with Crippen molar-refractivity contribution in [3.05, 3.63) is 60.2 Å². The van der Waals surface area contributed by atoms with E-state index in [2.05, 4.69) is 18.7 Å². The van der Waals surface area contributed by atoms with Crippen molar-refractivity contribution in [1.29, 1.82) is 0 Å². The van der Waals surface area contributed by atoms with E-state index in [0.717, 1.165) is 59.4 Å². The maximum absolute atomic E-state index is 13.8. The Bertz CT molecular complexity index is 1000. The lowest BCUT2D eigenvalue weighted by atomic mass is 10.0. The first-order chi connectivity index (χ1) is 16.2. The fourth-order valence-electron chi connectivity index (χ4n) is 4.21. The van der Waals surface area contributed by atoms with E-state index in [1.165, 1.54) is 38.5 Å². The molecule has 0 aliphatic carbocycles. The van der Waals surface area contributed by atoms with Crippen LogP contribution < -0.4 is 4.74 Å². The van der Waals surface area contributed by atoms with Crippen LogP contribution in [0.25, 0.3) is 22.2 Å². The Morgan fingerprint density at radius 1 is 0.848 bits per heavy atom. The minimum absolute atomic E-state index is 0.122. The molecule has 2 aromatic carbocycles. The Labute approximate surface area is 199 Å². The molecule has 4 nitrogen and oxygen atoms in total. The van der Waals surface area contributed by atoms with Crippen LogP contribution in [-0.2, 0) is 0 Å². The molecule has 0 saturated heterocycles. The van der Waals surface area contributed by atoms with Crippen LogP contribution in [0.15, 0.2) is 54.6 Å². The Morgan fingerprint density at radius 2 is 1.48 bits per heavy atom. The molecule has 1 aromatic heterocycles. The van der Waals surface area contributed by atoms with Crippen LogP contribution in [0, 0.1) is 0 Å². The van der Waals surface area contributed by atoms with Crippen LogP contribution >= 0.6 is 0 Å². The van der Waals surface area contributed by atoms with Gasteiger partial charge in [0.25, 0.3) is 5.91 Å². The lowest BCUT2D eigenvalue weighted by Gasteiger charge is -2.24. The molecule has 0 aliphatic heterocycles. The molecule has 0 bridgehead atoms. The van der Waals surface area contributed by atoms with E-state index in [9.17, 15) is 4.79 Å². The zero-order chi connectivity index (χ0) is 23.5. The number of carbonyl (C=O) groups excluding carboxylic acids is 1. The molecule has 1 heterocycles. The average Bonchev–Trinajstić information content (AvgIpc) is 2.86. The molecular weight excluding hydrogens is 408 g/mol. The highest BCUT2D eigenvalue weighted by Crippen LogP contribution is 2.27. The first-order valence-corrected chi connectivity index (χ1v) is 12.5. The number of hydrogen-bond donors (Lipinski definition) is 0. The van der Waals surface area contributed by atoms with E-state index in [4.69, 9.17) is 9.72 Å². The summed E-state index contributed by atoms with van der Waals surface area (Å²) in [5.74, 6) is 0.928. The third kappa shape index (κ3) is 6.80. The average molecular weight is 447 g/mol. The van der Waals surface area contributed by atoms with Crippen molar-refractivity contribution in [3.63, 3.8) is 0 Å². The lowest BCUT2D eigenvalue weighted by Crippen LogP contribution is -2.33. The zero-order valence-electron chi connectivity index (χ0n) is 20.5. The second-order valence-electron chi connectivity index (χ2n) is 8.71. The van der Waals surface area contributed by atoms with Crippen LogP contribution in [0.1, 0.15) is 75.6 Å². The van der Waals surface area contributed by atoms with E-state index >= 15 is 0 Å². The number of benzene rings is 2. The fourth-order valence-corrected chi connectivity index (χ4v) is 4.21. The summed E-state index contributed by atoms with van der Waals surface area (Å²) in [5, 5.41) is 0.923. The molecule has 1 amide bonds. The minimum Gasteiger partial charge on any atom is -0.497 e. The largest absolute Gasteiger partial charge is 0.497 e. The number of methoxy groups -OCH3 is 1. The summed E-state index contributed by atoms with van der Waals surface area (Å²) in [4.78, 5) is 20.8. The highest BCUT2D eigenvalue weighted by Gasteiger charge is 2.20. The van der Waals surface area contributed by atoms with Crippen molar-refractivity contribution < 1.29 is 9.53 Å². The summed E-state index contributed by atoms with van der Waals surface area (Å²) in [6, 6.07) is 17.8. The van der Waals surface area contributed by atoms with Crippen molar-refractivity contribution in [2.24, 2.45) is 0 Å². The number of unbranched alkanes of at least 4 members (excludes halogenated alkanes) is 6. The molecular formula is C29H38N2O2. The van der Waals surface area contributed by atoms with Gasteiger partial charge < -0.3 is 9.64 Å². The van der Waals surface area contributed by atoms with Crippen LogP contribution in [0.4, 0.5) is 0 Å². The van der Waals surface area contributed by atoms with Gasteiger partial charge in [0.1, 0.15) is 5.75 Å². The predicted octanol–water partition coefficient (Wildman–Crippen LogP) is 7.51. The summed E-state index contributed by atoms with van der Waals surface area (Å²) in [7, 11) is 1.66. The molecule has 3 aromatic rings. The van der Waals surface area contributed by atoms with Gasteiger partial charge in [-0.1, -0.05) is 70.6 Å². The molecule has 0 radical (unpaired) electrons. The monoisotopic (exact) mass is 446 g/mol. The predicted molar refractivity (Wildman–Crippen MR) is 138 cm³/mol. The quantitative estimate of drug-likeness (QED) is 0.255. The molecule has 0 unspecified atom stereocenters.